The molecule has 6 nitrogen and oxygen atoms in total. The number of aliphatic hydroxyl groups is 1. The number of rotatable bonds is 5. The Labute approximate surface area is 192 Å². The van der Waals surface area contributed by atoms with E-state index in [1.54, 1.807) is 29.2 Å². The van der Waals surface area contributed by atoms with Gasteiger partial charge in [0.1, 0.15) is 0 Å². The van der Waals surface area contributed by atoms with Gasteiger partial charge < -0.3 is 10.0 Å². The van der Waals surface area contributed by atoms with E-state index in [0.717, 1.165) is 10.5 Å². The summed E-state index contributed by atoms with van der Waals surface area (Å²) in [6.07, 6.45) is 0.616. The monoisotopic (exact) mass is 454 g/mol. The highest BCUT2D eigenvalue weighted by Crippen LogP contribution is 2.43. The minimum absolute atomic E-state index is 0.0685. The van der Waals surface area contributed by atoms with Crippen LogP contribution in [0.2, 0.25) is 5.02 Å². The number of imide groups is 1. The van der Waals surface area contributed by atoms with Crippen LogP contribution in [-0.2, 0) is 19.8 Å². The van der Waals surface area contributed by atoms with Crippen LogP contribution in [0.15, 0.2) is 54.6 Å². The van der Waals surface area contributed by atoms with Crippen molar-refractivity contribution in [3.05, 3.63) is 70.7 Å². The van der Waals surface area contributed by atoms with Gasteiger partial charge in [-0.3, -0.25) is 19.3 Å². The number of hydrogen-bond acceptors (Lipinski definition) is 4. The quantitative estimate of drug-likeness (QED) is 0.703. The highest BCUT2D eigenvalue weighted by Gasteiger charge is 2.53. The lowest BCUT2D eigenvalue weighted by molar-refractivity contribution is -0.142. The van der Waals surface area contributed by atoms with E-state index in [9.17, 15) is 19.5 Å². The molecule has 0 unspecified atom stereocenters. The number of aliphatic hydroxyl groups excluding tert-OH is 1. The van der Waals surface area contributed by atoms with Crippen molar-refractivity contribution in [2.24, 2.45) is 5.92 Å². The molecular weight excluding hydrogens is 428 g/mol. The number of amides is 3. The Kier molecular flexibility index (Phi) is 6.35. The fraction of sp³-hybridized carbons (Fsp3) is 0.400. The molecule has 2 heterocycles. The first-order valence-corrected chi connectivity index (χ1v) is 11.3. The lowest BCUT2D eigenvalue weighted by Gasteiger charge is -2.36. The average Bonchev–Trinajstić information content (AvgIpc) is 3.03. The van der Waals surface area contributed by atoms with Crippen molar-refractivity contribution >= 4 is 29.3 Å². The van der Waals surface area contributed by atoms with Gasteiger partial charge in [-0.25, -0.2) is 0 Å². The topological polar surface area (TPSA) is 77.9 Å². The number of hydrogen-bond donors (Lipinski definition) is 1. The lowest BCUT2D eigenvalue weighted by atomic mass is 9.75. The van der Waals surface area contributed by atoms with Crippen LogP contribution in [0.5, 0.6) is 0 Å². The average molecular weight is 455 g/mol. The third-order valence-corrected chi connectivity index (χ3v) is 7.19. The first kappa shape index (κ1) is 22.5. The molecule has 2 aliphatic rings. The molecule has 3 amide bonds. The molecule has 1 N–H and O–H groups in total. The highest BCUT2D eigenvalue weighted by atomic mass is 35.5. The number of likely N-dealkylation sites (tertiary alicyclic amines) is 2. The number of nitrogens with zero attached hydrogens (tertiary/aromatic N) is 2. The van der Waals surface area contributed by atoms with Gasteiger partial charge in [0, 0.05) is 38.0 Å². The lowest BCUT2D eigenvalue weighted by Crippen LogP contribution is -2.45. The summed E-state index contributed by atoms with van der Waals surface area (Å²) in [5.74, 6) is -0.806. The molecule has 2 fully saturated rings. The molecule has 2 aromatic rings. The van der Waals surface area contributed by atoms with Gasteiger partial charge in [0.05, 0.1) is 11.5 Å². The van der Waals surface area contributed by atoms with E-state index in [4.69, 9.17) is 11.6 Å². The Bertz CT molecular complexity index is 1020. The second-order valence-electron chi connectivity index (χ2n) is 8.75. The van der Waals surface area contributed by atoms with Gasteiger partial charge in [-0.15, -0.1) is 0 Å². The van der Waals surface area contributed by atoms with Crippen LogP contribution in [-0.4, -0.2) is 52.8 Å². The van der Waals surface area contributed by atoms with Crippen LogP contribution >= 0.6 is 11.6 Å². The summed E-state index contributed by atoms with van der Waals surface area (Å²) in [6.45, 7) is 1.01. The van der Waals surface area contributed by atoms with Crippen molar-refractivity contribution in [1.82, 2.24) is 9.80 Å². The van der Waals surface area contributed by atoms with E-state index in [1.165, 1.54) is 7.05 Å². The van der Waals surface area contributed by atoms with Crippen LogP contribution in [0.4, 0.5) is 0 Å². The largest absolute Gasteiger partial charge is 0.388 e. The van der Waals surface area contributed by atoms with Gasteiger partial charge >= 0.3 is 0 Å². The summed E-state index contributed by atoms with van der Waals surface area (Å²) in [5, 5.41) is 11.1. The van der Waals surface area contributed by atoms with Crippen LogP contribution in [0.3, 0.4) is 0 Å². The van der Waals surface area contributed by atoms with Gasteiger partial charge in [-0.2, -0.15) is 0 Å². The number of carbonyl (C=O) groups excluding carboxylic acids is 3. The van der Waals surface area contributed by atoms with Gasteiger partial charge in [0.2, 0.25) is 17.7 Å². The Balaban J connectivity index is 1.49. The van der Waals surface area contributed by atoms with Gasteiger partial charge in [0.15, 0.2) is 0 Å². The summed E-state index contributed by atoms with van der Waals surface area (Å²) in [7, 11) is 1.45. The summed E-state index contributed by atoms with van der Waals surface area (Å²) >= 11 is 6.40. The molecule has 2 saturated heterocycles. The third-order valence-electron chi connectivity index (χ3n) is 6.86. The number of piperidine rings is 1. The number of carbonyl (C=O) groups is 3. The van der Waals surface area contributed by atoms with Gasteiger partial charge in [-0.05, 0) is 36.0 Å². The predicted molar refractivity (Wildman–Crippen MR) is 121 cm³/mol. The minimum atomic E-state index is -1.28. The Hall–Kier alpha value is -2.70. The molecule has 2 atom stereocenters. The fourth-order valence-electron chi connectivity index (χ4n) is 4.94. The molecular formula is C25H27ClN2O4. The molecule has 0 aliphatic carbocycles. The molecule has 0 radical (unpaired) electrons. The Morgan fingerprint density at radius 3 is 2.31 bits per heavy atom. The van der Waals surface area contributed by atoms with Crippen LogP contribution < -0.4 is 0 Å². The summed E-state index contributed by atoms with van der Waals surface area (Å²) in [6, 6.07) is 16.5. The predicted octanol–water partition coefficient (Wildman–Crippen LogP) is 3.33. The molecule has 32 heavy (non-hydrogen) atoms. The van der Waals surface area contributed by atoms with E-state index in [-0.39, 0.29) is 30.6 Å². The zero-order valence-corrected chi connectivity index (χ0v) is 18.8. The van der Waals surface area contributed by atoms with Crippen molar-refractivity contribution < 1.29 is 19.5 Å². The normalized spacial score (nSPS) is 23.0. The maximum absolute atomic E-state index is 13.3. The van der Waals surface area contributed by atoms with E-state index in [2.05, 4.69) is 0 Å². The first-order valence-electron chi connectivity index (χ1n) is 10.9. The minimum Gasteiger partial charge on any atom is -0.388 e. The first-order chi connectivity index (χ1) is 15.3. The molecule has 2 aromatic carbocycles. The molecule has 0 bridgehead atoms. The Morgan fingerprint density at radius 2 is 1.72 bits per heavy atom. The summed E-state index contributed by atoms with van der Waals surface area (Å²) in [4.78, 5) is 41.7. The van der Waals surface area contributed by atoms with Gasteiger partial charge in [0.25, 0.3) is 0 Å². The maximum Gasteiger partial charge on any atom is 0.240 e. The van der Waals surface area contributed by atoms with E-state index in [0.29, 0.717) is 36.5 Å². The molecule has 0 spiro atoms. The van der Waals surface area contributed by atoms with Crippen molar-refractivity contribution in [3.63, 3.8) is 0 Å². The number of benzene rings is 2. The van der Waals surface area contributed by atoms with Crippen molar-refractivity contribution in [1.29, 1.82) is 0 Å². The zero-order valence-electron chi connectivity index (χ0n) is 18.0. The Morgan fingerprint density at radius 1 is 1.09 bits per heavy atom. The van der Waals surface area contributed by atoms with E-state index >= 15 is 0 Å². The van der Waals surface area contributed by atoms with Crippen LogP contribution in [0.25, 0.3) is 0 Å². The third kappa shape index (κ3) is 4.05. The standard InChI is InChI=1S/C25H27ClN2O4/c1-27-21(29)15-25(24(27)32,19-9-5-6-10-20(19)26)16-22(30)28-13-11-18(12-14-28)23(31)17-7-3-2-4-8-17/h2-10,18,23,31H,11-16H2,1H3/t23-,25-/m1/s1. The molecule has 0 aromatic heterocycles. The maximum atomic E-state index is 13.3. The second kappa shape index (κ2) is 9.04. The van der Waals surface area contributed by atoms with E-state index < -0.39 is 17.4 Å². The van der Waals surface area contributed by atoms with Crippen LogP contribution in [0, 0.1) is 5.92 Å². The van der Waals surface area contributed by atoms with Crippen LogP contribution in [0.1, 0.15) is 42.9 Å². The number of halogens is 1. The SMILES string of the molecule is CN1C(=O)C[C@@](CC(=O)N2CCC([C@H](O)c3ccccc3)CC2)(c2ccccc2Cl)C1=O. The smallest absolute Gasteiger partial charge is 0.240 e. The molecule has 4 rings (SSSR count). The zero-order chi connectivity index (χ0) is 22.9. The summed E-state index contributed by atoms with van der Waals surface area (Å²) < 4.78 is 0. The van der Waals surface area contributed by atoms with Crippen molar-refractivity contribution in [2.45, 2.75) is 37.2 Å². The van der Waals surface area contributed by atoms with Gasteiger partial charge in [-0.1, -0.05) is 60.1 Å². The highest BCUT2D eigenvalue weighted by molar-refractivity contribution is 6.32. The fourth-order valence-corrected chi connectivity index (χ4v) is 5.25. The molecule has 2 aliphatic heterocycles. The van der Waals surface area contributed by atoms with Crippen molar-refractivity contribution in [2.75, 3.05) is 20.1 Å². The summed E-state index contributed by atoms with van der Waals surface area (Å²) in [5.41, 5.74) is 0.127. The van der Waals surface area contributed by atoms with E-state index in [1.807, 2.05) is 30.3 Å². The molecule has 7 heteroatoms. The number of likely N-dealkylation sites (N-methyl/N-ethyl adjacent to an activating group) is 1. The molecule has 0 saturated carbocycles. The van der Waals surface area contributed by atoms with Crippen molar-refractivity contribution in [3.8, 4) is 0 Å². The second-order valence-corrected chi connectivity index (χ2v) is 9.15. The molecule has 168 valence electrons.